The number of para-hydroxylation sites is 2. The van der Waals surface area contributed by atoms with Crippen molar-refractivity contribution in [2.75, 3.05) is 19.5 Å². The van der Waals surface area contributed by atoms with Gasteiger partial charge < -0.3 is 19.5 Å². The van der Waals surface area contributed by atoms with Gasteiger partial charge in [0.2, 0.25) is 0 Å². The van der Waals surface area contributed by atoms with Gasteiger partial charge in [-0.1, -0.05) is 18.2 Å². The summed E-state index contributed by atoms with van der Waals surface area (Å²) < 4.78 is 16.5. The molecule has 0 spiro atoms. The molecule has 0 heterocycles. The molecule has 0 aliphatic carbocycles. The molecule has 0 saturated heterocycles. The second-order valence-corrected chi connectivity index (χ2v) is 6.68. The number of non-ortho nitro benzene ring substituents is 1. The van der Waals surface area contributed by atoms with E-state index in [2.05, 4.69) is 5.32 Å². The third-order valence-electron chi connectivity index (χ3n) is 4.68. The summed E-state index contributed by atoms with van der Waals surface area (Å²) in [6, 6.07) is 16.5. The van der Waals surface area contributed by atoms with E-state index in [1.807, 2.05) is 12.1 Å². The van der Waals surface area contributed by atoms with Crippen LogP contribution >= 0.6 is 0 Å². The molecule has 8 nitrogen and oxygen atoms in total. The lowest BCUT2D eigenvalue weighted by Crippen LogP contribution is -2.14. The maximum absolute atomic E-state index is 12.8. The maximum atomic E-state index is 12.8. The fourth-order valence-corrected chi connectivity index (χ4v) is 2.98. The van der Waals surface area contributed by atoms with Gasteiger partial charge in [0.15, 0.2) is 11.5 Å². The number of ether oxygens (including phenoxy) is 3. The minimum atomic E-state index is -0.504. The molecule has 0 fully saturated rings. The molecule has 0 atom stereocenters. The van der Waals surface area contributed by atoms with Crippen molar-refractivity contribution in [3.63, 3.8) is 0 Å². The summed E-state index contributed by atoms with van der Waals surface area (Å²) in [6.07, 6.45) is 0. The molecule has 1 amide bonds. The van der Waals surface area contributed by atoms with Crippen molar-refractivity contribution in [1.82, 2.24) is 0 Å². The number of hydrogen-bond donors (Lipinski definition) is 1. The van der Waals surface area contributed by atoms with Gasteiger partial charge in [-0.3, -0.25) is 14.9 Å². The minimum absolute atomic E-state index is 0.0958. The number of nitrogens with one attached hydrogen (secondary N) is 1. The molecule has 0 radical (unpaired) electrons. The summed E-state index contributed by atoms with van der Waals surface area (Å²) in [4.78, 5) is 23.3. The first-order valence-corrected chi connectivity index (χ1v) is 9.42. The molecule has 3 rings (SSSR count). The summed E-state index contributed by atoms with van der Waals surface area (Å²) in [5.41, 5.74) is 2.03. The predicted octanol–water partition coefficient (Wildman–Crippen LogP) is 4.75. The van der Waals surface area contributed by atoms with E-state index in [9.17, 15) is 14.9 Å². The Kier molecular flexibility index (Phi) is 6.71. The lowest BCUT2D eigenvalue weighted by atomic mass is 10.1. The SMILES string of the molecule is COc1ccc(C(=O)Nc2cc([N+](=O)[O-])ccc2C)cc1COc1ccccc1OC. The van der Waals surface area contributed by atoms with Crippen LogP contribution in [-0.2, 0) is 6.61 Å². The van der Waals surface area contributed by atoms with Crippen LogP contribution in [-0.4, -0.2) is 25.1 Å². The maximum Gasteiger partial charge on any atom is 0.271 e. The Balaban J connectivity index is 1.82. The Morgan fingerprint density at radius 1 is 0.968 bits per heavy atom. The molecular formula is C23H22N2O6. The number of hydrogen-bond acceptors (Lipinski definition) is 6. The lowest BCUT2D eigenvalue weighted by Gasteiger charge is -2.14. The molecule has 0 aliphatic heterocycles. The summed E-state index contributed by atoms with van der Waals surface area (Å²) in [7, 11) is 3.10. The number of nitro groups is 1. The van der Waals surface area contributed by atoms with Gasteiger partial charge in [-0.25, -0.2) is 0 Å². The van der Waals surface area contributed by atoms with Gasteiger partial charge in [0.05, 0.1) is 24.8 Å². The number of carbonyl (C=O) groups is 1. The first kappa shape index (κ1) is 21.6. The van der Waals surface area contributed by atoms with E-state index >= 15 is 0 Å². The molecule has 0 saturated carbocycles. The third-order valence-corrected chi connectivity index (χ3v) is 4.68. The van der Waals surface area contributed by atoms with Crippen LogP contribution in [0, 0.1) is 17.0 Å². The van der Waals surface area contributed by atoms with E-state index in [1.165, 1.54) is 19.2 Å². The van der Waals surface area contributed by atoms with Crippen molar-refractivity contribution in [3.05, 3.63) is 87.5 Å². The molecule has 8 heteroatoms. The number of nitrogens with zero attached hydrogens (tertiary/aromatic N) is 1. The van der Waals surface area contributed by atoms with Crippen LogP contribution in [0.4, 0.5) is 11.4 Å². The Morgan fingerprint density at radius 2 is 1.68 bits per heavy atom. The Hall–Kier alpha value is -4.07. The molecule has 1 N–H and O–H groups in total. The zero-order chi connectivity index (χ0) is 22.4. The van der Waals surface area contributed by atoms with Crippen molar-refractivity contribution in [3.8, 4) is 17.2 Å². The van der Waals surface area contributed by atoms with Gasteiger partial charge in [0.1, 0.15) is 12.4 Å². The highest BCUT2D eigenvalue weighted by atomic mass is 16.6. The van der Waals surface area contributed by atoms with Crippen LogP contribution in [0.15, 0.2) is 60.7 Å². The van der Waals surface area contributed by atoms with Gasteiger partial charge in [-0.15, -0.1) is 0 Å². The van der Waals surface area contributed by atoms with E-state index in [4.69, 9.17) is 14.2 Å². The Labute approximate surface area is 179 Å². The molecule has 0 bridgehead atoms. The number of nitro benzene ring substituents is 1. The average Bonchev–Trinajstić information content (AvgIpc) is 2.78. The second-order valence-electron chi connectivity index (χ2n) is 6.68. The highest BCUT2D eigenvalue weighted by Crippen LogP contribution is 2.29. The zero-order valence-electron chi connectivity index (χ0n) is 17.4. The number of methoxy groups -OCH3 is 2. The van der Waals surface area contributed by atoms with Crippen LogP contribution in [0.5, 0.6) is 17.2 Å². The number of carbonyl (C=O) groups excluding carboxylic acids is 1. The van der Waals surface area contributed by atoms with Gasteiger partial charge in [0, 0.05) is 23.3 Å². The molecule has 0 aliphatic rings. The highest BCUT2D eigenvalue weighted by Gasteiger charge is 2.15. The monoisotopic (exact) mass is 422 g/mol. The van der Waals surface area contributed by atoms with E-state index < -0.39 is 10.8 Å². The normalized spacial score (nSPS) is 10.3. The molecule has 160 valence electrons. The predicted molar refractivity (Wildman–Crippen MR) is 116 cm³/mol. The largest absolute Gasteiger partial charge is 0.496 e. The van der Waals surface area contributed by atoms with Crippen LogP contribution in [0.25, 0.3) is 0 Å². The Morgan fingerprint density at radius 3 is 2.35 bits per heavy atom. The van der Waals surface area contributed by atoms with Gasteiger partial charge in [-0.05, 0) is 42.8 Å². The van der Waals surface area contributed by atoms with Crippen LogP contribution in [0.3, 0.4) is 0 Å². The molecule has 0 unspecified atom stereocenters. The molecule has 31 heavy (non-hydrogen) atoms. The van der Waals surface area contributed by atoms with Crippen LogP contribution in [0.1, 0.15) is 21.5 Å². The fraction of sp³-hybridized carbons (Fsp3) is 0.174. The van der Waals surface area contributed by atoms with Gasteiger partial charge >= 0.3 is 0 Å². The smallest absolute Gasteiger partial charge is 0.271 e. The zero-order valence-corrected chi connectivity index (χ0v) is 17.4. The summed E-state index contributed by atoms with van der Waals surface area (Å²) in [6.45, 7) is 1.92. The number of aryl methyl sites for hydroxylation is 1. The van der Waals surface area contributed by atoms with Crippen molar-refractivity contribution >= 4 is 17.3 Å². The van der Waals surface area contributed by atoms with Crippen molar-refractivity contribution in [1.29, 1.82) is 0 Å². The number of rotatable bonds is 8. The van der Waals surface area contributed by atoms with Crippen molar-refractivity contribution in [2.45, 2.75) is 13.5 Å². The van der Waals surface area contributed by atoms with E-state index in [0.717, 1.165) is 0 Å². The topological polar surface area (TPSA) is 99.9 Å². The van der Waals surface area contributed by atoms with Gasteiger partial charge in [0.25, 0.3) is 11.6 Å². The molecular weight excluding hydrogens is 400 g/mol. The van der Waals surface area contributed by atoms with E-state index in [0.29, 0.717) is 39.6 Å². The second kappa shape index (κ2) is 9.62. The quantitative estimate of drug-likeness (QED) is 0.415. The summed E-state index contributed by atoms with van der Waals surface area (Å²) in [5.74, 6) is 1.33. The average molecular weight is 422 g/mol. The third kappa shape index (κ3) is 5.11. The first-order chi connectivity index (χ1) is 14.9. The Bertz CT molecular complexity index is 1110. The number of benzene rings is 3. The summed E-state index contributed by atoms with van der Waals surface area (Å²) in [5, 5.41) is 13.8. The van der Waals surface area contributed by atoms with Gasteiger partial charge in [-0.2, -0.15) is 0 Å². The molecule has 3 aromatic carbocycles. The van der Waals surface area contributed by atoms with E-state index in [1.54, 1.807) is 50.4 Å². The fourth-order valence-electron chi connectivity index (χ4n) is 2.98. The minimum Gasteiger partial charge on any atom is -0.496 e. The van der Waals surface area contributed by atoms with Crippen LogP contribution < -0.4 is 19.5 Å². The lowest BCUT2D eigenvalue weighted by molar-refractivity contribution is -0.384. The molecule has 0 aromatic heterocycles. The van der Waals surface area contributed by atoms with Crippen molar-refractivity contribution < 1.29 is 23.9 Å². The van der Waals surface area contributed by atoms with Crippen LogP contribution in [0.2, 0.25) is 0 Å². The van der Waals surface area contributed by atoms with E-state index in [-0.39, 0.29) is 12.3 Å². The number of anilines is 1. The summed E-state index contributed by atoms with van der Waals surface area (Å²) >= 11 is 0. The standard InChI is InChI=1S/C23H22N2O6/c1-15-8-10-18(25(27)28)13-19(15)24-23(26)16-9-11-20(29-2)17(12-16)14-31-22-7-5-4-6-21(22)30-3/h4-13H,14H2,1-3H3,(H,24,26). The number of amides is 1. The van der Waals surface area contributed by atoms with Crippen molar-refractivity contribution in [2.24, 2.45) is 0 Å². The molecule has 3 aromatic rings. The highest BCUT2D eigenvalue weighted by molar-refractivity contribution is 6.05. The first-order valence-electron chi connectivity index (χ1n) is 9.42.